The first kappa shape index (κ1) is 35.0. The molecule has 37 heavy (non-hydrogen) atoms. The van der Waals surface area contributed by atoms with Crippen molar-refractivity contribution in [2.75, 3.05) is 66.3 Å². The molecule has 1 fully saturated rings. The lowest BCUT2D eigenvalue weighted by Gasteiger charge is -2.30. The molecule has 7 nitrogen and oxygen atoms in total. The molecule has 0 aromatic carbocycles. The first-order valence-corrected chi connectivity index (χ1v) is 17.0. The Morgan fingerprint density at radius 2 is 1.00 bits per heavy atom. The minimum absolute atomic E-state index is 0.0218. The van der Waals surface area contributed by atoms with E-state index in [0.29, 0.717) is 19.8 Å². The van der Waals surface area contributed by atoms with E-state index >= 15 is 0 Å². The molecule has 222 valence electrons. The van der Waals surface area contributed by atoms with Crippen LogP contribution in [0.2, 0.25) is 0 Å². The zero-order valence-electron chi connectivity index (χ0n) is 24.4. The van der Waals surface area contributed by atoms with Gasteiger partial charge in [-0.05, 0) is 6.42 Å². The minimum atomic E-state index is -4.25. The number of unbranched alkanes of at least 4 members (excludes halogenated alkanes) is 15. The normalized spacial score (nSPS) is 16.8. The number of ether oxygens (including phenoxy) is 2. The van der Waals surface area contributed by atoms with Gasteiger partial charge in [-0.15, -0.1) is 0 Å². The van der Waals surface area contributed by atoms with Crippen molar-refractivity contribution in [3.8, 4) is 0 Å². The number of hydrogen-bond donors (Lipinski definition) is 0. The number of quaternary nitrogens is 1. The van der Waals surface area contributed by atoms with E-state index in [0.717, 1.165) is 30.6 Å². The maximum absolute atomic E-state index is 11.8. The van der Waals surface area contributed by atoms with Crippen LogP contribution in [0.4, 0.5) is 0 Å². The van der Waals surface area contributed by atoms with Crippen molar-refractivity contribution in [1.29, 1.82) is 0 Å². The molecule has 0 amide bonds. The van der Waals surface area contributed by atoms with Gasteiger partial charge in [-0.25, -0.2) is 0 Å². The van der Waals surface area contributed by atoms with E-state index in [-0.39, 0.29) is 19.8 Å². The predicted molar refractivity (Wildman–Crippen MR) is 151 cm³/mol. The summed E-state index contributed by atoms with van der Waals surface area (Å²) in [6.07, 6.45) is 24.3. The van der Waals surface area contributed by atoms with Crippen molar-refractivity contribution in [2.45, 2.75) is 122 Å². The summed E-state index contributed by atoms with van der Waals surface area (Å²) in [6.45, 7) is 7.25. The summed E-state index contributed by atoms with van der Waals surface area (Å²) in [6, 6.07) is 0. The molecule has 1 aliphatic rings. The van der Waals surface area contributed by atoms with Crippen LogP contribution in [0.15, 0.2) is 0 Å². The van der Waals surface area contributed by atoms with Crippen LogP contribution in [-0.2, 0) is 23.1 Å². The van der Waals surface area contributed by atoms with Crippen LogP contribution in [0.25, 0.3) is 0 Å². The third-order valence-corrected chi connectivity index (χ3v) is 8.52. The summed E-state index contributed by atoms with van der Waals surface area (Å²) in [4.78, 5) is 11.8. The van der Waals surface area contributed by atoms with Gasteiger partial charge >= 0.3 is 0 Å². The summed E-state index contributed by atoms with van der Waals surface area (Å²) >= 11 is 0. The maximum Gasteiger partial charge on any atom is 0.268 e. The molecule has 0 N–H and O–H groups in total. The molecular formula is C29H60NO6P. The third kappa shape index (κ3) is 22.5. The second kappa shape index (κ2) is 23.8. The molecule has 8 heteroatoms. The van der Waals surface area contributed by atoms with Crippen LogP contribution in [0.1, 0.15) is 122 Å². The van der Waals surface area contributed by atoms with Crippen LogP contribution in [0.3, 0.4) is 0 Å². The molecule has 0 aromatic heterocycles. The molecule has 1 heterocycles. The van der Waals surface area contributed by atoms with Crippen LogP contribution < -0.4 is 4.89 Å². The summed E-state index contributed by atoms with van der Waals surface area (Å²) < 4.78 is 33.6. The Morgan fingerprint density at radius 3 is 1.51 bits per heavy atom. The van der Waals surface area contributed by atoms with Crippen LogP contribution in [0.5, 0.6) is 0 Å². The van der Waals surface area contributed by atoms with E-state index in [1.807, 2.05) is 0 Å². The molecule has 0 bridgehead atoms. The minimum Gasteiger partial charge on any atom is -0.756 e. The largest absolute Gasteiger partial charge is 0.756 e. The third-order valence-electron chi connectivity index (χ3n) is 7.52. The van der Waals surface area contributed by atoms with Gasteiger partial charge < -0.3 is 27.9 Å². The van der Waals surface area contributed by atoms with Crippen molar-refractivity contribution in [2.24, 2.45) is 0 Å². The van der Waals surface area contributed by atoms with E-state index in [4.69, 9.17) is 18.5 Å². The Balaban J connectivity index is 1.73. The highest BCUT2D eigenvalue weighted by molar-refractivity contribution is 7.45. The molecule has 0 spiro atoms. The van der Waals surface area contributed by atoms with E-state index < -0.39 is 7.82 Å². The summed E-state index contributed by atoms with van der Waals surface area (Å²) in [5.74, 6) is 0. The van der Waals surface area contributed by atoms with Crippen molar-refractivity contribution in [3.05, 3.63) is 0 Å². The standard InChI is InChI=1S/C29H60NO6P/c1-3-4-5-6-7-8-9-10-11-12-13-14-15-16-17-20-24-33-26-27-34-28-29-36-37(31,32)35-25-23-30(2)21-18-19-22-30/h3-29H2,1-2H3. The van der Waals surface area contributed by atoms with E-state index in [1.54, 1.807) is 0 Å². The van der Waals surface area contributed by atoms with Crippen molar-refractivity contribution < 1.29 is 32.5 Å². The van der Waals surface area contributed by atoms with E-state index in [1.165, 1.54) is 109 Å². The second-order valence-corrected chi connectivity index (χ2v) is 12.5. The van der Waals surface area contributed by atoms with Gasteiger partial charge in [-0.2, -0.15) is 0 Å². The van der Waals surface area contributed by atoms with Gasteiger partial charge in [-0.3, -0.25) is 4.57 Å². The lowest BCUT2D eigenvalue weighted by atomic mass is 10.0. The Kier molecular flexibility index (Phi) is 22.6. The number of phosphoric ester groups is 1. The number of hydrogen-bond acceptors (Lipinski definition) is 6. The highest BCUT2D eigenvalue weighted by Crippen LogP contribution is 2.38. The van der Waals surface area contributed by atoms with E-state index in [2.05, 4.69) is 14.0 Å². The lowest BCUT2D eigenvalue weighted by molar-refractivity contribution is -0.897. The number of nitrogens with zero attached hydrogens (tertiary/aromatic N) is 1. The van der Waals surface area contributed by atoms with Crippen LogP contribution in [-0.4, -0.2) is 70.8 Å². The quantitative estimate of drug-likeness (QED) is 0.0593. The highest BCUT2D eigenvalue weighted by Gasteiger charge is 2.26. The average molecular weight is 550 g/mol. The lowest BCUT2D eigenvalue weighted by Crippen LogP contribution is -2.43. The second-order valence-electron chi connectivity index (χ2n) is 11.1. The Bertz CT molecular complexity index is 544. The molecule has 1 aliphatic heterocycles. The van der Waals surface area contributed by atoms with Gasteiger partial charge in [0.05, 0.1) is 46.6 Å². The van der Waals surface area contributed by atoms with Gasteiger partial charge in [-0.1, -0.05) is 103 Å². The molecule has 0 aromatic rings. The zero-order valence-corrected chi connectivity index (χ0v) is 25.3. The molecule has 1 rings (SSSR count). The fourth-order valence-corrected chi connectivity index (χ4v) is 5.69. The number of likely N-dealkylation sites (tertiary alicyclic amines) is 1. The van der Waals surface area contributed by atoms with Gasteiger partial charge in [0.15, 0.2) is 0 Å². The summed E-state index contributed by atoms with van der Waals surface area (Å²) in [7, 11) is -2.11. The number of phosphoric acid groups is 1. The van der Waals surface area contributed by atoms with Gasteiger partial charge in [0.25, 0.3) is 7.82 Å². The first-order chi connectivity index (χ1) is 18.0. The molecule has 0 saturated carbocycles. The number of likely N-dealkylation sites (N-methyl/N-ethyl adjacent to an activating group) is 1. The highest BCUT2D eigenvalue weighted by atomic mass is 31.2. The molecule has 1 unspecified atom stereocenters. The van der Waals surface area contributed by atoms with Crippen molar-refractivity contribution >= 4 is 7.82 Å². The molecule has 0 radical (unpaired) electrons. The summed E-state index contributed by atoms with van der Waals surface area (Å²) in [5, 5.41) is 0. The van der Waals surface area contributed by atoms with Crippen molar-refractivity contribution in [3.63, 3.8) is 0 Å². The Labute approximate surface area is 229 Å². The fourth-order valence-electron chi connectivity index (χ4n) is 5.01. The van der Waals surface area contributed by atoms with Crippen molar-refractivity contribution in [1.82, 2.24) is 0 Å². The van der Waals surface area contributed by atoms with E-state index in [9.17, 15) is 9.46 Å². The van der Waals surface area contributed by atoms with Gasteiger partial charge in [0, 0.05) is 19.4 Å². The topological polar surface area (TPSA) is 77.1 Å². The molecule has 1 saturated heterocycles. The monoisotopic (exact) mass is 549 g/mol. The Morgan fingerprint density at radius 1 is 0.595 bits per heavy atom. The fraction of sp³-hybridized carbons (Fsp3) is 1.00. The molecular weight excluding hydrogens is 489 g/mol. The van der Waals surface area contributed by atoms with Crippen LogP contribution >= 0.6 is 7.82 Å². The zero-order chi connectivity index (χ0) is 26.9. The smallest absolute Gasteiger partial charge is 0.268 e. The van der Waals surface area contributed by atoms with Crippen LogP contribution in [0, 0.1) is 0 Å². The molecule has 0 aliphatic carbocycles. The van der Waals surface area contributed by atoms with Gasteiger partial charge in [0.1, 0.15) is 13.2 Å². The number of rotatable bonds is 28. The SMILES string of the molecule is CCCCCCCCCCCCCCCCCCOCCOCCOP(=O)([O-])OCC[N+]1(C)CCCC1. The Hall–Kier alpha value is -0.0100. The first-order valence-electron chi connectivity index (χ1n) is 15.6. The molecule has 1 atom stereocenters. The summed E-state index contributed by atoms with van der Waals surface area (Å²) in [5.41, 5.74) is 0. The predicted octanol–water partition coefficient (Wildman–Crippen LogP) is 7.02. The van der Waals surface area contributed by atoms with Gasteiger partial charge in [0.2, 0.25) is 0 Å². The maximum atomic E-state index is 11.8. The average Bonchev–Trinajstić information content (AvgIpc) is 3.30.